The van der Waals surface area contributed by atoms with Gasteiger partial charge in [0.15, 0.2) is 0 Å². The number of nitrogens with zero attached hydrogens (tertiary/aromatic N) is 10. The second-order valence-electron chi connectivity index (χ2n) is 35.8. The average Bonchev–Trinajstić information content (AvgIpc) is 1.59. The molecule has 0 saturated heterocycles. The average molecular weight is 2370 g/mol. The fourth-order valence-corrected chi connectivity index (χ4v) is 17.4. The van der Waals surface area contributed by atoms with E-state index in [1.807, 2.05) is 187 Å². The Morgan fingerprint density at radius 3 is 1.20 bits per heavy atom. The van der Waals surface area contributed by atoms with Crippen LogP contribution in [0, 0.1) is 88.9 Å². The predicted octanol–water partition coefficient (Wildman–Crippen LogP) is 31.4. The molecular weight excluding hydrogens is 2250 g/mol. The fraction of sp³-hybridized carbons (Fsp3) is 0.148. The van der Waals surface area contributed by atoms with Crippen molar-refractivity contribution in [1.82, 2.24) is 43.6 Å². The molecule has 22 aromatic rings. The Kier molecular flexibility index (Phi) is 37.4. The van der Waals surface area contributed by atoms with E-state index >= 15 is 0 Å². The molecule has 0 fully saturated rings. The second kappa shape index (κ2) is 50.6. The summed E-state index contributed by atoms with van der Waals surface area (Å²) >= 11 is 0. The maximum absolute atomic E-state index is 4.64. The van der Waals surface area contributed by atoms with Gasteiger partial charge in [-0.25, -0.2) is 0 Å². The summed E-state index contributed by atoms with van der Waals surface area (Å²) in [5.74, 6) is 1.76. The minimum absolute atomic E-state index is 0. The number of aryl methyl sites for hydroxylation is 5. The van der Waals surface area contributed by atoms with E-state index in [1.54, 1.807) is 6.20 Å². The fourth-order valence-electron chi connectivity index (χ4n) is 17.4. The Labute approximate surface area is 873 Å². The van der Waals surface area contributed by atoms with Crippen LogP contribution in [0.4, 0.5) is 0 Å². The molecule has 0 saturated carbocycles. The van der Waals surface area contributed by atoms with Crippen LogP contribution in [-0.2, 0) is 92.8 Å². The van der Waals surface area contributed by atoms with E-state index in [-0.39, 0.29) is 60.3 Å². The van der Waals surface area contributed by atoms with Gasteiger partial charge in [0.1, 0.15) is 0 Å². The molecule has 0 aliphatic carbocycles. The van der Waals surface area contributed by atoms with Crippen LogP contribution in [0.5, 0.6) is 0 Å². The van der Waals surface area contributed by atoms with Crippen molar-refractivity contribution in [3.05, 3.63) is 479 Å². The van der Waals surface area contributed by atoms with Gasteiger partial charge in [0, 0.05) is 152 Å². The van der Waals surface area contributed by atoms with Gasteiger partial charge in [-0.05, 0) is 181 Å². The summed E-state index contributed by atoms with van der Waals surface area (Å²) in [6.45, 7) is 31.1. The summed E-state index contributed by atoms with van der Waals surface area (Å²) < 4.78 is 9.13. The van der Waals surface area contributed by atoms with Gasteiger partial charge >= 0.3 is 0 Å². The van der Waals surface area contributed by atoms with Gasteiger partial charge in [-0.2, -0.15) is 18.6 Å². The molecular formula is C128H115Ir3N10-7. The molecule has 12 aromatic carbocycles. The van der Waals surface area contributed by atoms with E-state index in [0.29, 0.717) is 17.8 Å². The molecule has 13 heteroatoms. The van der Waals surface area contributed by atoms with Crippen LogP contribution < -0.4 is 4.57 Å². The predicted molar refractivity (Wildman–Crippen MR) is 576 cm³/mol. The topological polar surface area (TPSA) is 96.0 Å². The Bertz CT molecular complexity index is 7520. The smallest absolute Gasteiger partial charge is 0.0686 e. The van der Waals surface area contributed by atoms with Crippen molar-refractivity contribution in [3.63, 3.8) is 0 Å². The first-order chi connectivity index (χ1) is 67.4. The first kappa shape index (κ1) is 104. The van der Waals surface area contributed by atoms with Crippen LogP contribution in [0.15, 0.2) is 395 Å². The Hall–Kier alpha value is -14.2. The minimum Gasteiger partial charge on any atom is -0.380 e. The maximum Gasteiger partial charge on any atom is 0.0686 e. The van der Waals surface area contributed by atoms with E-state index in [9.17, 15) is 0 Å². The van der Waals surface area contributed by atoms with Crippen molar-refractivity contribution in [2.24, 2.45) is 17.8 Å². The summed E-state index contributed by atoms with van der Waals surface area (Å²) in [5.41, 5.74) is 34.1. The number of rotatable bonds is 17. The standard InChI is InChI=1S/3C22H21N2.2C19H16N.C13H12N.C11H8N.3Ir/c1-15(2)14-24-21-10-5-4-7-17(21)18-8-6-9-19(22(18)24)20-12-11-16(3)13-23-20;1-15(2)14-24-21-7-5-4-6-18(21)19-10-9-17(12-22(19)24)20-11-8-16(3)13-23-20;1-15(2)14-24-21-7-5-4-6-18(21)19-12-17(9-11-22(19)24)20-10-8-16(3)13-23-20;2*1-2-15-13-19(17-11-7-4-8-12-17)20-14-18(15)16-9-5-3-6-10-16;1-11-7-3-4-8-12(11)13-9-5-6-10-14(13)2;1-2-6-10(7-3-1)11-8-4-5-9-12-11;;;/h3*4-8,10-13,15H,14H2,1-3H3;2*3-11,13-14H,2H2,1H3;3-10H,1-2H2;1-6,8-9H;;;/q7*-1;;;. The number of benzene rings is 12. The minimum atomic E-state index is 0. The quantitative estimate of drug-likeness (QED) is 0.0666. The maximum atomic E-state index is 4.64. The molecule has 0 aliphatic rings. The normalized spacial score (nSPS) is 10.7. The number of para-hydroxylation sites is 3. The van der Waals surface area contributed by atoms with E-state index in [4.69, 9.17) is 0 Å². The van der Waals surface area contributed by atoms with Crippen molar-refractivity contribution in [2.75, 3.05) is 0 Å². The molecule has 0 bridgehead atoms. The first-order valence-corrected chi connectivity index (χ1v) is 47.6. The van der Waals surface area contributed by atoms with Gasteiger partial charge in [0.2, 0.25) is 0 Å². The monoisotopic (exact) mass is 2370 g/mol. The van der Waals surface area contributed by atoms with E-state index in [2.05, 4.69) is 376 Å². The van der Waals surface area contributed by atoms with Gasteiger partial charge in [-0.15, -0.1) is 197 Å². The Balaban J connectivity index is 0.000000139. The number of pyridine rings is 7. The summed E-state index contributed by atoms with van der Waals surface area (Å²) in [5, 5.41) is 7.73. The third-order valence-electron chi connectivity index (χ3n) is 24.1. The molecule has 10 nitrogen and oxygen atoms in total. The van der Waals surface area contributed by atoms with E-state index in [1.165, 1.54) is 115 Å². The summed E-state index contributed by atoms with van der Waals surface area (Å²) in [4.78, 5) is 27.2. The van der Waals surface area contributed by atoms with Gasteiger partial charge < -0.3 is 48.2 Å². The molecule has 10 heterocycles. The third-order valence-corrected chi connectivity index (χ3v) is 24.1. The third kappa shape index (κ3) is 25.9. The Morgan fingerprint density at radius 2 is 0.723 bits per heavy atom. The molecule has 0 unspecified atom stereocenters. The summed E-state index contributed by atoms with van der Waals surface area (Å²) in [6, 6.07) is 140. The molecule has 711 valence electrons. The molecule has 0 atom stereocenters. The van der Waals surface area contributed by atoms with E-state index in [0.717, 1.165) is 117 Å². The molecule has 0 spiro atoms. The summed E-state index contributed by atoms with van der Waals surface area (Å²) in [6.07, 6.45) is 15.4. The molecule has 3 radical (unpaired) electrons. The van der Waals surface area contributed by atoms with E-state index < -0.39 is 0 Å². The molecule has 22 rings (SSSR count). The zero-order valence-corrected chi connectivity index (χ0v) is 88.9. The van der Waals surface area contributed by atoms with Crippen LogP contribution >= 0.6 is 0 Å². The molecule has 10 aromatic heterocycles. The summed E-state index contributed by atoms with van der Waals surface area (Å²) in [7, 11) is 3.93. The Morgan fingerprint density at radius 1 is 0.305 bits per heavy atom. The van der Waals surface area contributed by atoms with Crippen molar-refractivity contribution in [2.45, 2.75) is 109 Å². The molecule has 141 heavy (non-hydrogen) atoms. The zero-order chi connectivity index (χ0) is 95.8. The van der Waals surface area contributed by atoms with Crippen molar-refractivity contribution in [1.29, 1.82) is 0 Å². The molecule has 0 amide bonds. The van der Waals surface area contributed by atoms with Crippen LogP contribution in [0.3, 0.4) is 0 Å². The van der Waals surface area contributed by atoms with Crippen LogP contribution in [0.25, 0.3) is 166 Å². The largest absolute Gasteiger partial charge is 0.380 e. The van der Waals surface area contributed by atoms with Crippen molar-refractivity contribution in [3.8, 4) is 101 Å². The van der Waals surface area contributed by atoms with Crippen molar-refractivity contribution >= 4 is 65.4 Å². The van der Waals surface area contributed by atoms with Gasteiger partial charge in [0.05, 0.1) is 11.9 Å². The van der Waals surface area contributed by atoms with Gasteiger partial charge in [0.25, 0.3) is 0 Å². The zero-order valence-electron chi connectivity index (χ0n) is 81.7. The van der Waals surface area contributed by atoms with Crippen LogP contribution in [-0.4, -0.2) is 43.6 Å². The van der Waals surface area contributed by atoms with Gasteiger partial charge in [-0.3, -0.25) is 0 Å². The molecule has 0 N–H and O–H groups in total. The number of hydrogen-bond donors (Lipinski definition) is 0. The number of aromatic nitrogens is 10. The molecule has 0 aliphatic heterocycles. The first-order valence-electron chi connectivity index (χ1n) is 47.6. The van der Waals surface area contributed by atoms with Crippen LogP contribution in [0.2, 0.25) is 0 Å². The SMILES string of the molecule is CCc1cc(-c2[c-]cccc2)ncc1-c1ccccc1.CCc1cc(-c2[c-]cccc2)ncc1-c1ccccc1.Cc1ccc(-c2[c-]cc3c(c2)c2ccccc2n3CC(C)C)nc1.Cc1ccc(-c2[c-]cc3c4ccccc4n(CC(C)C)c3c2)nc1.Cc1ccc(-c2[c-]ccc3c4ccccc4n(CC(C)C)c23)nc1.[CH2-]c1ccccc1-c1cccc[n+]1[CH2-].[Ir].[Ir].[Ir].[c-]1ccccc1-c1ccccn1. The van der Waals surface area contributed by atoms with Gasteiger partial charge in [-0.1, -0.05) is 272 Å². The second-order valence-corrected chi connectivity index (χ2v) is 35.8. The van der Waals surface area contributed by atoms with Crippen molar-refractivity contribution < 1.29 is 64.9 Å². The number of hydrogen-bond acceptors (Lipinski definition) is 6. The van der Waals surface area contributed by atoms with Crippen LogP contribution in [0.1, 0.15) is 88.8 Å². The number of fused-ring (bicyclic) bond motifs is 9.